The van der Waals surface area contributed by atoms with Crippen molar-refractivity contribution < 1.29 is 0 Å². The van der Waals surface area contributed by atoms with Crippen molar-refractivity contribution in [3.05, 3.63) is 22.0 Å². The van der Waals surface area contributed by atoms with Gasteiger partial charge in [0.1, 0.15) is 0 Å². The van der Waals surface area contributed by atoms with Gasteiger partial charge in [0, 0.05) is 4.88 Å². The maximum atomic E-state index is 5.55. The van der Waals surface area contributed by atoms with E-state index < -0.39 is 0 Å². The fourth-order valence-corrected chi connectivity index (χ4v) is 1.22. The Kier molecular flexibility index (Phi) is 1.75. The molecule has 0 amide bonds. The first kappa shape index (κ1) is 6.33. The van der Waals surface area contributed by atoms with Crippen LogP contribution in [0.25, 0.3) is 0 Å². The van der Waals surface area contributed by atoms with Gasteiger partial charge in [-0.1, -0.05) is 23.2 Å². The van der Waals surface area contributed by atoms with Crippen molar-refractivity contribution in [2.75, 3.05) is 0 Å². The van der Waals surface area contributed by atoms with E-state index in [0.717, 1.165) is 4.88 Å². The zero-order chi connectivity index (χ0) is 6.15. The van der Waals surface area contributed by atoms with E-state index in [1.165, 1.54) is 11.5 Å². The highest BCUT2D eigenvalue weighted by atomic mass is 35.5. The first-order valence-corrected chi connectivity index (χ1v) is 3.37. The number of rotatable bonds is 0. The van der Waals surface area contributed by atoms with E-state index in [9.17, 15) is 0 Å². The second-order valence-electron chi connectivity index (χ2n) is 1.21. The predicted molar refractivity (Wildman–Crippen MR) is 36.6 cm³/mol. The third kappa shape index (κ3) is 0.966. The van der Waals surface area contributed by atoms with Gasteiger partial charge in [-0.05, 0) is 18.5 Å². The molecule has 0 saturated carbocycles. The molecular formula is C4H2Cl2NS. The summed E-state index contributed by atoms with van der Waals surface area (Å²) in [6, 6.07) is 0. The van der Waals surface area contributed by atoms with Gasteiger partial charge in [0.2, 0.25) is 0 Å². The first-order chi connectivity index (χ1) is 3.72. The molecule has 43 valence electrons. The molecule has 0 aliphatic rings. The molecule has 4 heteroatoms. The number of hydrogen-bond donors (Lipinski definition) is 0. The Morgan fingerprint density at radius 1 is 1.50 bits per heavy atom. The van der Waals surface area contributed by atoms with Gasteiger partial charge in [-0.25, -0.2) is 0 Å². The first-order valence-electron chi connectivity index (χ1n) is 1.84. The standard InChI is InChI=1S/C4H2Cl2NS/c1-2-3(5)4(6)7-8-2/h1H2. The minimum atomic E-state index is 0.349. The predicted octanol–water partition coefficient (Wildman–Crippen LogP) is 2.63. The topological polar surface area (TPSA) is 12.9 Å². The van der Waals surface area contributed by atoms with Gasteiger partial charge < -0.3 is 0 Å². The molecule has 8 heavy (non-hydrogen) atoms. The van der Waals surface area contributed by atoms with Crippen molar-refractivity contribution in [2.45, 2.75) is 0 Å². The lowest BCUT2D eigenvalue weighted by atomic mass is 10.5. The maximum absolute atomic E-state index is 5.55. The molecule has 0 aliphatic carbocycles. The van der Waals surface area contributed by atoms with Crippen LogP contribution in [0.15, 0.2) is 0 Å². The zero-order valence-electron chi connectivity index (χ0n) is 3.82. The summed E-state index contributed by atoms with van der Waals surface area (Å²) in [5.74, 6) is 0. The molecular weight excluding hydrogens is 165 g/mol. The Bertz CT molecular complexity index is 176. The minimum Gasteiger partial charge on any atom is -0.179 e. The third-order valence-corrected chi connectivity index (χ3v) is 2.35. The Labute approximate surface area is 61.4 Å². The average Bonchev–Trinajstić information content (AvgIpc) is 1.98. The van der Waals surface area contributed by atoms with E-state index >= 15 is 0 Å². The number of nitrogens with zero attached hydrogens (tertiary/aromatic N) is 1. The molecule has 0 aromatic carbocycles. The summed E-state index contributed by atoms with van der Waals surface area (Å²) in [7, 11) is 0. The van der Waals surface area contributed by atoms with Crippen LogP contribution < -0.4 is 0 Å². The van der Waals surface area contributed by atoms with Crippen LogP contribution in [0.4, 0.5) is 0 Å². The highest BCUT2D eigenvalue weighted by molar-refractivity contribution is 7.07. The van der Waals surface area contributed by atoms with Crippen LogP contribution in [0.3, 0.4) is 0 Å². The van der Waals surface area contributed by atoms with E-state index in [1.807, 2.05) is 0 Å². The van der Waals surface area contributed by atoms with E-state index in [1.54, 1.807) is 0 Å². The molecule has 0 N–H and O–H groups in total. The average molecular weight is 167 g/mol. The Morgan fingerprint density at radius 3 is 2.25 bits per heavy atom. The lowest BCUT2D eigenvalue weighted by molar-refractivity contribution is 1.58. The van der Waals surface area contributed by atoms with Crippen LogP contribution in [-0.4, -0.2) is 4.37 Å². The van der Waals surface area contributed by atoms with Gasteiger partial charge >= 0.3 is 0 Å². The van der Waals surface area contributed by atoms with Gasteiger partial charge in [-0.3, -0.25) is 0 Å². The van der Waals surface area contributed by atoms with E-state index in [2.05, 4.69) is 11.3 Å². The Balaban J connectivity index is 3.19. The molecule has 0 bridgehead atoms. The highest BCUT2D eigenvalue weighted by Crippen LogP contribution is 2.26. The number of hydrogen-bond acceptors (Lipinski definition) is 2. The highest BCUT2D eigenvalue weighted by Gasteiger charge is 2.02. The number of halogens is 2. The van der Waals surface area contributed by atoms with Gasteiger partial charge in [-0.15, -0.1) is 0 Å². The molecule has 1 aromatic heterocycles. The third-order valence-electron chi connectivity index (χ3n) is 0.662. The van der Waals surface area contributed by atoms with E-state index in [-0.39, 0.29) is 0 Å². The summed E-state index contributed by atoms with van der Waals surface area (Å²) < 4.78 is 3.73. The molecule has 0 spiro atoms. The van der Waals surface area contributed by atoms with Crippen molar-refractivity contribution in [2.24, 2.45) is 0 Å². The maximum Gasteiger partial charge on any atom is 0.161 e. The molecule has 0 atom stereocenters. The quantitative estimate of drug-likeness (QED) is 0.578. The second-order valence-corrected chi connectivity index (χ2v) is 2.80. The molecule has 1 nitrogen and oxygen atoms in total. The lowest BCUT2D eigenvalue weighted by Crippen LogP contribution is -1.58. The Hall–Kier alpha value is 0.210. The summed E-state index contributed by atoms with van der Waals surface area (Å²) in [5, 5.41) is 0.818. The fraction of sp³-hybridized carbons (Fsp3) is 0. The van der Waals surface area contributed by atoms with Crippen molar-refractivity contribution >= 4 is 34.7 Å². The van der Waals surface area contributed by atoms with E-state index in [0.29, 0.717) is 10.2 Å². The lowest BCUT2D eigenvalue weighted by Gasteiger charge is -1.78. The van der Waals surface area contributed by atoms with Gasteiger partial charge in [-0.2, -0.15) is 4.37 Å². The van der Waals surface area contributed by atoms with Crippen LogP contribution in [0, 0.1) is 6.92 Å². The van der Waals surface area contributed by atoms with Crippen LogP contribution in [0.1, 0.15) is 4.88 Å². The van der Waals surface area contributed by atoms with E-state index in [4.69, 9.17) is 23.2 Å². The summed E-state index contributed by atoms with van der Waals surface area (Å²) in [6.07, 6.45) is 0. The second kappa shape index (κ2) is 2.21. The largest absolute Gasteiger partial charge is 0.179 e. The Morgan fingerprint density at radius 2 is 2.12 bits per heavy atom. The molecule has 1 aromatic rings. The molecule has 0 unspecified atom stereocenters. The van der Waals surface area contributed by atoms with Crippen molar-refractivity contribution in [1.29, 1.82) is 0 Å². The van der Waals surface area contributed by atoms with Crippen LogP contribution in [0.2, 0.25) is 10.2 Å². The summed E-state index contributed by atoms with van der Waals surface area (Å²) in [6.45, 7) is 3.58. The van der Waals surface area contributed by atoms with Crippen LogP contribution in [-0.2, 0) is 0 Å². The van der Waals surface area contributed by atoms with Gasteiger partial charge in [0.25, 0.3) is 0 Å². The van der Waals surface area contributed by atoms with Crippen molar-refractivity contribution in [1.82, 2.24) is 4.37 Å². The molecule has 0 saturated heterocycles. The van der Waals surface area contributed by atoms with Crippen molar-refractivity contribution in [3.63, 3.8) is 0 Å². The van der Waals surface area contributed by atoms with Gasteiger partial charge in [0.05, 0.1) is 5.02 Å². The molecule has 0 aliphatic heterocycles. The molecule has 0 fully saturated rings. The molecule has 1 radical (unpaired) electrons. The normalized spacial score (nSPS) is 9.88. The zero-order valence-corrected chi connectivity index (χ0v) is 6.15. The number of aromatic nitrogens is 1. The van der Waals surface area contributed by atoms with Crippen LogP contribution >= 0.6 is 34.7 Å². The minimum absolute atomic E-state index is 0.349. The molecule has 1 heterocycles. The smallest absolute Gasteiger partial charge is 0.161 e. The summed E-state index contributed by atoms with van der Waals surface area (Å²) in [5.41, 5.74) is 0. The monoisotopic (exact) mass is 166 g/mol. The van der Waals surface area contributed by atoms with Crippen molar-refractivity contribution in [3.8, 4) is 0 Å². The van der Waals surface area contributed by atoms with Gasteiger partial charge in [0.15, 0.2) is 5.15 Å². The summed E-state index contributed by atoms with van der Waals surface area (Å²) >= 11 is 12.2. The molecule has 1 rings (SSSR count). The SMILES string of the molecule is [CH2]c1snc(Cl)c1Cl. The fourth-order valence-electron chi connectivity index (χ4n) is 0.290. The van der Waals surface area contributed by atoms with Crippen LogP contribution in [0.5, 0.6) is 0 Å². The summed E-state index contributed by atoms with van der Waals surface area (Å²) in [4.78, 5) is 0.719.